The summed E-state index contributed by atoms with van der Waals surface area (Å²) in [5, 5.41) is 1.02. The lowest BCUT2D eigenvalue weighted by Gasteiger charge is -2.13. The van der Waals surface area contributed by atoms with Crippen LogP contribution in [0.25, 0.3) is 0 Å². The van der Waals surface area contributed by atoms with E-state index in [0.29, 0.717) is 17.0 Å². The molecule has 1 aromatic carbocycles. The zero-order chi connectivity index (χ0) is 12.1. The third-order valence-electron chi connectivity index (χ3n) is 2.44. The van der Waals surface area contributed by atoms with Gasteiger partial charge < -0.3 is 10.2 Å². The summed E-state index contributed by atoms with van der Waals surface area (Å²) in [4.78, 5) is 4.31. The summed E-state index contributed by atoms with van der Waals surface area (Å²) in [6.07, 6.45) is 2.59. The molecule has 17 heavy (non-hydrogen) atoms. The minimum Gasteiger partial charge on any atom is -0.440 e. The molecule has 0 saturated carbocycles. The molecule has 0 amide bonds. The normalized spacial score (nSPS) is 12.6. The second kappa shape index (κ2) is 5.89. The smallest absolute Gasteiger partial charge is 0.256 e. The van der Waals surface area contributed by atoms with Crippen molar-refractivity contribution in [2.75, 3.05) is 6.54 Å². The highest BCUT2D eigenvalue weighted by Crippen LogP contribution is 2.36. The largest absolute Gasteiger partial charge is 0.440 e. The Morgan fingerprint density at radius 1 is 1.35 bits per heavy atom. The summed E-state index contributed by atoms with van der Waals surface area (Å²) < 4.78 is 5.37. The lowest BCUT2D eigenvalue weighted by Crippen LogP contribution is -2.04. The van der Waals surface area contributed by atoms with Crippen LogP contribution in [0.3, 0.4) is 0 Å². The van der Waals surface area contributed by atoms with Crippen molar-refractivity contribution >= 4 is 11.8 Å². The van der Waals surface area contributed by atoms with E-state index >= 15 is 0 Å². The Morgan fingerprint density at radius 2 is 2.12 bits per heavy atom. The van der Waals surface area contributed by atoms with Gasteiger partial charge in [-0.15, -0.1) is 0 Å². The number of nitrogens with zero attached hydrogens (tertiary/aromatic N) is 1. The van der Waals surface area contributed by atoms with E-state index in [4.69, 9.17) is 10.2 Å². The second-order valence-corrected chi connectivity index (χ2v) is 5.00. The molecule has 90 valence electrons. The summed E-state index contributed by atoms with van der Waals surface area (Å²) in [7, 11) is 0. The van der Waals surface area contributed by atoms with Gasteiger partial charge in [0.2, 0.25) is 0 Å². The Labute approximate surface area is 105 Å². The van der Waals surface area contributed by atoms with Crippen LogP contribution in [0, 0.1) is 6.92 Å². The van der Waals surface area contributed by atoms with Crippen molar-refractivity contribution in [3.8, 4) is 0 Å². The fourth-order valence-corrected chi connectivity index (χ4v) is 2.71. The van der Waals surface area contributed by atoms with Gasteiger partial charge in [0, 0.05) is 5.25 Å². The van der Waals surface area contributed by atoms with Crippen LogP contribution in [0.4, 0.5) is 0 Å². The zero-order valence-electron chi connectivity index (χ0n) is 9.80. The Kier molecular flexibility index (Phi) is 4.23. The van der Waals surface area contributed by atoms with Crippen molar-refractivity contribution in [3.63, 3.8) is 0 Å². The summed E-state index contributed by atoms with van der Waals surface area (Å²) >= 11 is 1.63. The maximum Gasteiger partial charge on any atom is 0.256 e. The molecule has 2 aromatic rings. The van der Waals surface area contributed by atoms with Gasteiger partial charge in [-0.3, -0.25) is 0 Å². The maximum atomic E-state index is 5.66. The fraction of sp³-hybridized carbons (Fsp3) is 0.308. The molecule has 0 bridgehead atoms. The lowest BCUT2D eigenvalue weighted by atomic mass is 10.1. The number of benzene rings is 1. The highest BCUT2D eigenvalue weighted by molar-refractivity contribution is 7.99. The van der Waals surface area contributed by atoms with Crippen LogP contribution in [-0.2, 0) is 0 Å². The highest BCUT2D eigenvalue weighted by Gasteiger charge is 2.15. The van der Waals surface area contributed by atoms with Gasteiger partial charge in [-0.05, 0) is 25.5 Å². The van der Waals surface area contributed by atoms with Crippen molar-refractivity contribution < 1.29 is 4.42 Å². The van der Waals surface area contributed by atoms with Crippen LogP contribution in [0.15, 0.2) is 46.2 Å². The molecular weight excluding hydrogens is 232 g/mol. The van der Waals surface area contributed by atoms with Crippen molar-refractivity contribution in [2.24, 2.45) is 5.73 Å². The Bertz CT molecular complexity index is 455. The van der Waals surface area contributed by atoms with E-state index in [0.717, 1.165) is 12.1 Å². The molecular formula is C13H16N2OS. The van der Waals surface area contributed by atoms with Gasteiger partial charge in [-0.2, -0.15) is 0 Å². The Hall–Kier alpha value is -1.26. The van der Waals surface area contributed by atoms with Gasteiger partial charge in [0.1, 0.15) is 6.26 Å². The number of rotatable bonds is 5. The minimum atomic E-state index is 0.305. The van der Waals surface area contributed by atoms with Crippen LogP contribution in [0.5, 0.6) is 0 Å². The van der Waals surface area contributed by atoms with E-state index in [9.17, 15) is 0 Å². The second-order valence-electron chi connectivity index (χ2n) is 3.85. The first-order chi connectivity index (χ1) is 8.29. The molecule has 0 aliphatic heterocycles. The quantitative estimate of drug-likeness (QED) is 0.826. The predicted octanol–water partition coefficient (Wildman–Crippen LogP) is 3.17. The van der Waals surface area contributed by atoms with E-state index < -0.39 is 0 Å². The molecule has 1 aromatic heterocycles. The molecule has 1 unspecified atom stereocenters. The number of oxazole rings is 1. The zero-order valence-corrected chi connectivity index (χ0v) is 10.6. The molecule has 2 N–H and O–H groups in total. The molecule has 0 aliphatic carbocycles. The number of aromatic nitrogens is 1. The van der Waals surface area contributed by atoms with Gasteiger partial charge in [0.25, 0.3) is 5.22 Å². The molecule has 3 nitrogen and oxygen atoms in total. The van der Waals surface area contributed by atoms with Gasteiger partial charge in [-0.1, -0.05) is 42.1 Å². The van der Waals surface area contributed by atoms with E-state index in [-0.39, 0.29) is 0 Å². The molecule has 2 rings (SSSR count). The summed E-state index contributed by atoms with van der Waals surface area (Å²) in [6, 6.07) is 10.3. The fourth-order valence-electron chi connectivity index (χ4n) is 1.62. The molecule has 0 radical (unpaired) electrons. The average molecular weight is 248 g/mol. The van der Waals surface area contributed by atoms with Gasteiger partial charge >= 0.3 is 0 Å². The topological polar surface area (TPSA) is 52.0 Å². The molecule has 1 heterocycles. The molecule has 4 heteroatoms. The first-order valence-electron chi connectivity index (χ1n) is 5.63. The number of hydrogen-bond acceptors (Lipinski definition) is 4. The van der Waals surface area contributed by atoms with Crippen molar-refractivity contribution in [1.29, 1.82) is 0 Å². The van der Waals surface area contributed by atoms with Crippen molar-refractivity contribution in [2.45, 2.75) is 23.8 Å². The number of hydrogen-bond donors (Lipinski definition) is 1. The lowest BCUT2D eigenvalue weighted by molar-refractivity contribution is 0.452. The third-order valence-corrected chi connectivity index (χ3v) is 3.62. The Balaban J connectivity index is 2.13. The van der Waals surface area contributed by atoms with Crippen molar-refractivity contribution in [3.05, 3.63) is 47.9 Å². The third kappa shape index (κ3) is 3.35. The number of thioether (sulfide) groups is 1. The van der Waals surface area contributed by atoms with Crippen LogP contribution < -0.4 is 5.73 Å². The Morgan fingerprint density at radius 3 is 2.71 bits per heavy atom. The van der Waals surface area contributed by atoms with Gasteiger partial charge in [0.15, 0.2) is 0 Å². The first kappa shape index (κ1) is 12.2. The molecule has 0 spiro atoms. The minimum absolute atomic E-state index is 0.305. The average Bonchev–Trinajstić information content (AvgIpc) is 2.75. The van der Waals surface area contributed by atoms with E-state index in [1.807, 2.05) is 25.1 Å². The highest BCUT2D eigenvalue weighted by atomic mass is 32.2. The van der Waals surface area contributed by atoms with Crippen molar-refractivity contribution in [1.82, 2.24) is 4.98 Å². The monoisotopic (exact) mass is 248 g/mol. The summed E-state index contributed by atoms with van der Waals surface area (Å²) in [6.45, 7) is 2.58. The predicted molar refractivity (Wildman–Crippen MR) is 70.0 cm³/mol. The first-order valence-corrected chi connectivity index (χ1v) is 6.51. The molecule has 0 saturated heterocycles. The maximum absolute atomic E-state index is 5.66. The van der Waals surface area contributed by atoms with E-state index in [1.165, 1.54) is 5.56 Å². The molecule has 0 aliphatic rings. The van der Waals surface area contributed by atoms with Crippen LogP contribution in [0.1, 0.15) is 22.9 Å². The van der Waals surface area contributed by atoms with E-state index in [2.05, 4.69) is 17.1 Å². The number of aryl methyl sites for hydroxylation is 1. The molecule has 1 atom stereocenters. The van der Waals surface area contributed by atoms with E-state index in [1.54, 1.807) is 18.0 Å². The summed E-state index contributed by atoms with van der Waals surface area (Å²) in [5.41, 5.74) is 7.83. The van der Waals surface area contributed by atoms with Gasteiger partial charge in [0.05, 0.1) is 5.69 Å². The van der Waals surface area contributed by atoms with Crippen LogP contribution in [0.2, 0.25) is 0 Å². The van der Waals surface area contributed by atoms with Gasteiger partial charge in [-0.25, -0.2) is 4.98 Å². The molecule has 0 fully saturated rings. The van der Waals surface area contributed by atoms with Crippen LogP contribution in [-0.4, -0.2) is 11.5 Å². The summed E-state index contributed by atoms with van der Waals surface area (Å²) in [5.74, 6) is 0. The SMILES string of the molecule is Cc1coc(SC(CCN)c2ccccc2)n1. The number of nitrogens with two attached hydrogens (primary N) is 1. The standard InChI is InChI=1S/C13H16N2OS/c1-10-9-16-13(15-10)17-12(7-8-14)11-5-3-2-4-6-11/h2-6,9,12H,7-8,14H2,1H3. The van der Waals surface area contributed by atoms with Crippen LogP contribution >= 0.6 is 11.8 Å².